The highest BCUT2D eigenvalue weighted by molar-refractivity contribution is 5.95. The number of methoxy groups -OCH3 is 1. The van der Waals surface area contributed by atoms with Gasteiger partial charge in [0.15, 0.2) is 17.6 Å². The van der Waals surface area contributed by atoms with E-state index in [1.165, 1.54) is 13.2 Å². The van der Waals surface area contributed by atoms with Crippen molar-refractivity contribution in [1.82, 2.24) is 0 Å². The van der Waals surface area contributed by atoms with Crippen molar-refractivity contribution in [3.63, 3.8) is 0 Å². The van der Waals surface area contributed by atoms with E-state index in [2.05, 4.69) is 5.32 Å². The number of hydrogen-bond donors (Lipinski definition) is 3. The van der Waals surface area contributed by atoms with E-state index >= 15 is 0 Å². The van der Waals surface area contributed by atoms with Gasteiger partial charge >= 0.3 is 0 Å². The second-order valence-electron chi connectivity index (χ2n) is 5.28. The molecule has 1 aliphatic heterocycles. The van der Waals surface area contributed by atoms with Gasteiger partial charge in [-0.05, 0) is 36.6 Å². The van der Waals surface area contributed by atoms with Gasteiger partial charge in [-0.2, -0.15) is 0 Å². The minimum absolute atomic E-state index is 0.00338. The lowest BCUT2D eigenvalue weighted by Gasteiger charge is -2.26. The van der Waals surface area contributed by atoms with E-state index in [-0.39, 0.29) is 17.4 Å². The first kappa shape index (κ1) is 15.0. The summed E-state index contributed by atoms with van der Waals surface area (Å²) in [5.74, 6) is 0.536. The number of amides is 1. The smallest absolute Gasteiger partial charge is 0.265 e. The van der Waals surface area contributed by atoms with E-state index in [9.17, 15) is 15.0 Å². The van der Waals surface area contributed by atoms with Crippen LogP contribution in [0.2, 0.25) is 0 Å². The van der Waals surface area contributed by atoms with Gasteiger partial charge in [0.2, 0.25) is 0 Å². The molecular weight excluding hydrogens is 298 g/mol. The zero-order valence-corrected chi connectivity index (χ0v) is 12.6. The SMILES string of the molecule is COc1cc2c(cc1O)CCC(C(=O)Nc1ccccc1O)O2. The molecule has 0 bridgehead atoms. The number of nitrogens with one attached hydrogen (secondary N) is 1. The summed E-state index contributed by atoms with van der Waals surface area (Å²) in [6, 6.07) is 9.68. The molecule has 1 amide bonds. The molecule has 1 unspecified atom stereocenters. The van der Waals surface area contributed by atoms with Crippen molar-refractivity contribution in [2.24, 2.45) is 0 Å². The third-order valence-corrected chi connectivity index (χ3v) is 3.76. The van der Waals surface area contributed by atoms with Crippen molar-refractivity contribution < 1.29 is 24.5 Å². The fraction of sp³-hybridized carbons (Fsp3) is 0.235. The monoisotopic (exact) mass is 315 g/mol. The first-order valence-electron chi connectivity index (χ1n) is 7.24. The quantitative estimate of drug-likeness (QED) is 0.757. The van der Waals surface area contributed by atoms with Crippen LogP contribution >= 0.6 is 0 Å². The fourth-order valence-electron chi connectivity index (χ4n) is 2.54. The summed E-state index contributed by atoms with van der Waals surface area (Å²) < 4.78 is 10.8. The highest BCUT2D eigenvalue weighted by Gasteiger charge is 2.27. The number of carbonyl (C=O) groups is 1. The summed E-state index contributed by atoms with van der Waals surface area (Å²) in [6.07, 6.45) is 0.417. The first-order chi connectivity index (χ1) is 11.1. The van der Waals surface area contributed by atoms with E-state index < -0.39 is 6.10 Å². The number of phenolic OH excluding ortho intramolecular Hbond substituents is 2. The van der Waals surface area contributed by atoms with Crippen LogP contribution in [0.15, 0.2) is 36.4 Å². The molecule has 2 aromatic carbocycles. The van der Waals surface area contributed by atoms with Crippen molar-refractivity contribution in [1.29, 1.82) is 0 Å². The highest BCUT2D eigenvalue weighted by Crippen LogP contribution is 2.37. The van der Waals surface area contributed by atoms with Crippen molar-refractivity contribution in [3.8, 4) is 23.0 Å². The average Bonchev–Trinajstić information content (AvgIpc) is 2.55. The largest absolute Gasteiger partial charge is 0.506 e. The van der Waals surface area contributed by atoms with Crippen molar-refractivity contribution >= 4 is 11.6 Å². The number of fused-ring (bicyclic) bond motifs is 1. The van der Waals surface area contributed by atoms with Crippen molar-refractivity contribution in [3.05, 3.63) is 42.0 Å². The Balaban J connectivity index is 1.76. The van der Waals surface area contributed by atoms with Crippen LogP contribution in [0, 0.1) is 0 Å². The molecule has 1 aliphatic rings. The summed E-state index contributed by atoms with van der Waals surface area (Å²) in [5, 5.41) is 22.2. The fourth-order valence-corrected chi connectivity index (χ4v) is 2.54. The number of hydrogen-bond acceptors (Lipinski definition) is 5. The van der Waals surface area contributed by atoms with Crippen molar-refractivity contribution in [2.45, 2.75) is 18.9 Å². The van der Waals surface area contributed by atoms with Crippen LogP contribution in [0.1, 0.15) is 12.0 Å². The van der Waals surface area contributed by atoms with Gasteiger partial charge in [-0.1, -0.05) is 12.1 Å². The molecule has 3 N–H and O–H groups in total. The normalized spacial score (nSPS) is 16.1. The molecule has 23 heavy (non-hydrogen) atoms. The van der Waals surface area contributed by atoms with Crippen LogP contribution in [0.25, 0.3) is 0 Å². The number of aromatic hydroxyl groups is 2. The number of benzene rings is 2. The second kappa shape index (κ2) is 6.08. The topological polar surface area (TPSA) is 88.0 Å². The van der Waals surface area contributed by atoms with Gasteiger partial charge in [-0.25, -0.2) is 0 Å². The molecular formula is C17H17NO5. The molecule has 1 heterocycles. The number of para-hydroxylation sites is 2. The van der Waals surface area contributed by atoms with Crippen LogP contribution in [0.5, 0.6) is 23.0 Å². The van der Waals surface area contributed by atoms with Crippen LogP contribution < -0.4 is 14.8 Å². The molecule has 0 aromatic heterocycles. The minimum atomic E-state index is -0.670. The molecule has 0 spiro atoms. The maximum absolute atomic E-state index is 12.3. The average molecular weight is 315 g/mol. The highest BCUT2D eigenvalue weighted by atomic mass is 16.5. The van der Waals surface area contributed by atoms with E-state index in [1.54, 1.807) is 30.3 Å². The molecule has 1 atom stereocenters. The zero-order chi connectivity index (χ0) is 16.4. The van der Waals surface area contributed by atoms with Gasteiger partial charge in [-0.3, -0.25) is 4.79 Å². The minimum Gasteiger partial charge on any atom is -0.506 e. The Labute approximate surface area is 133 Å². The molecule has 0 saturated heterocycles. The maximum Gasteiger partial charge on any atom is 0.265 e. The van der Waals surface area contributed by atoms with Gasteiger partial charge in [0.05, 0.1) is 12.8 Å². The summed E-state index contributed by atoms with van der Waals surface area (Å²) in [6.45, 7) is 0. The maximum atomic E-state index is 12.3. The van der Waals surface area contributed by atoms with Gasteiger partial charge in [-0.15, -0.1) is 0 Å². The number of phenols is 2. The third kappa shape index (κ3) is 3.01. The van der Waals surface area contributed by atoms with Crippen LogP contribution in [0.4, 0.5) is 5.69 Å². The summed E-state index contributed by atoms with van der Waals surface area (Å²) in [7, 11) is 1.45. The Morgan fingerprint density at radius 1 is 1.26 bits per heavy atom. The van der Waals surface area contributed by atoms with Crippen LogP contribution in [-0.4, -0.2) is 29.3 Å². The molecule has 6 nitrogen and oxygen atoms in total. The molecule has 6 heteroatoms. The molecule has 0 aliphatic carbocycles. The van der Waals surface area contributed by atoms with Gasteiger partial charge < -0.3 is 25.0 Å². The predicted octanol–water partition coefficient (Wildman–Crippen LogP) is 2.44. The van der Waals surface area contributed by atoms with Gasteiger partial charge in [0.25, 0.3) is 5.91 Å². The van der Waals surface area contributed by atoms with E-state index in [0.717, 1.165) is 5.56 Å². The Bertz CT molecular complexity index is 744. The van der Waals surface area contributed by atoms with E-state index in [0.29, 0.717) is 30.0 Å². The number of anilines is 1. The lowest BCUT2D eigenvalue weighted by atomic mass is 10.0. The molecule has 3 rings (SSSR count). The Morgan fingerprint density at radius 2 is 2.04 bits per heavy atom. The number of carbonyl (C=O) groups excluding carboxylic acids is 1. The van der Waals surface area contributed by atoms with E-state index in [1.807, 2.05) is 0 Å². The molecule has 2 aromatic rings. The second-order valence-corrected chi connectivity index (χ2v) is 5.28. The molecule has 0 fully saturated rings. The standard InChI is InChI=1S/C17H17NO5/c1-22-16-9-15-10(8-13(16)20)6-7-14(23-15)17(21)18-11-4-2-3-5-12(11)19/h2-5,8-9,14,19-20H,6-7H2,1H3,(H,18,21). The number of aryl methyl sites for hydroxylation is 1. The first-order valence-corrected chi connectivity index (χ1v) is 7.24. The van der Waals surface area contributed by atoms with Gasteiger partial charge in [0.1, 0.15) is 11.5 Å². The lowest BCUT2D eigenvalue weighted by molar-refractivity contribution is -0.123. The summed E-state index contributed by atoms with van der Waals surface area (Å²) >= 11 is 0. The number of ether oxygens (including phenoxy) is 2. The molecule has 120 valence electrons. The predicted molar refractivity (Wildman–Crippen MR) is 84.1 cm³/mol. The van der Waals surface area contributed by atoms with Gasteiger partial charge in [0, 0.05) is 6.07 Å². The van der Waals surface area contributed by atoms with Crippen LogP contribution in [-0.2, 0) is 11.2 Å². The summed E-state index contributed by atoms with van der Waals surface area (Å²) in [4.78, 5) is 12.3. The van der Waals surface area contributed by atoms with Crippen LogP contribution in [0.3, 0.4) is 0 Å². The Kier molecular flexibility index (Phi) is 3.97. The number of rotatable bonds is 3. The zero-order valence-electron chi connectivity index (χ0n) is 12.6. The molecule has 0 radical (unpaired) electrons. The third-order valence-electron chi connectivity index (χ3n) is 3.76. The summed E-state index contributed by atoms with van der Waals surface area (Å²) in [5.41, 5.74) is 1.17. The lowest BCUT2D eigenvalue weighted by Crippen LogP contribution is -2.35. The Hall–Kier alpha value is -2.89. The van der Waals surface area contributed by atoms with Crippen molar-refractivity contribution in [2.75, 3.05) is 12.4 Å². The Morgan fingerprint density at radius 3 is 2.78 bits per heavy atom. The molecule has 0 saturated carbocycles. The van der Waals surface area contributed by atoms with E-state index in [4.69, 9.17) is 9.47 Å².